The molecule has 0 rings (SSSR count). The minimum atomic E-state index is -3.86. The number of unbranched alkanes of at least 4 members (excludes halogenated alkanes) is 13. The summed E-state index contributed by atoms with van der Waals surface area (Å²) >= 11 is 0. The highest BCUT2D eigenvalue weighted by molar-refractivity contribution is 7.85. The Morgan fingerprint density at radius 3 is 0.829 bits per heavy atom. The molecule has 1 unspecified atom stereocenters. The van der Waals surface area contributed by atoms with Gasteiger partial charge in [0.2, 0.25) is 47.3 Å². The van der Waals surface area contributed by atoms with Crippen LogP contribution in [0, 0.1) is 0 Å². The number of carboxylic acid groups (broad SMARTS) is 1. The average molecular weight is 1540 g/mol. The second-order valence-electron chi connectivity index (χ2n) is 25.2. The molecule has 0 aromatic rings. The molecule has 0 aliphatic heterocycles. The molecule has 0 radical (unpaired) electrons. The van der Waals surface area contributed by atoms with Crippen molar-refractivity contribution in [1.29, 1.82) is 0 Å². The molecule has 11 N–H and O–H groups in total. The van der Waals surface area contributed by atoms with Gasteiger partial charge in [0.15, 0.2) is 5.52 Å². The molecule has 0 saturated carbocycles. The first-order chi connectivity index (χ1) is 50.8. The van der Waals surface area contributed by atoms with E-state index >= 15 is 0 Å². The fourth-order valence-electron chi connectivity index (χ4n) is 9.94. The van der Waals surface area contributed by atoms with Crippen LogP contribution in [0.1, 0.15) is 206 Å². The summed E-state index contributed by atoms with van der Waals surface area (Å²) in [6.07, 6.45) is 19.3. The summed E-state index contributed by atoms with van der Waals surface area (Å²) in [7, 11) is -1.65. The van der Waals surface area contributed by atoms with Crippen LogP contribution in [0.25, 0.3) is 0 Å². The van der Waals surface area contributed by atoms with Gasteiger partial charge in [0.05, 0.1) is 91.1 Å². The van der Waals surface area contributed by atoms with E-state index in [4.69, 9.17) is 47.2 Å². The number of amides is 8. The zero-order valence-corrected chi connectivity index (χ0v) is 65.1. The summed E-state index contributed by atoms with van der Waals surface area (Å²) in [6, 6.07) is -1.32. The Bertz CT molecular complexity index is 2360. The van der Waals surface area contributed by atoms with Crippen LogP contribution >= 0.6 is 9.24 Å². The summed E-state index contributed by atoms with van der Waals surface area (Å²) in [5.41, 5.74) is 0.0331. The molecule has 0 aromatic carbocycles. The first-order valence-corrected chi connectivity index (χ1v) is 40.6. The molecule has 8 amide bonds. The summed E-state index contributed by atoms with van der Waals surface area (Å²) in [5, 5.41) is 34.8. The van der Waals surface area contributed by atoms with Crippen LogP contribution in [-0.2, 0) is 101 Å². The Labute approximate surface area is 627 Å². The maximum atomic E-state index is 12.4. The Morgan fingerprint density at radius 2 is 0.562 bits per heavy atom. The van der Waals surface area contributed by atoms with Crippen molar-refractivity contribution in [3.8, 4) is 0 Å². The van der Waals surface area contributed by atoms with Gasteiger partial charge in [-0.15, -0.1) is 0 Å². The van der Waals surface area contributed by atoms with Crippen molar-refractivity contribution in [2.75, 3.05) is 177 Å². The van der Waals surface area contributed by atoms with E-state index in [1.165, 1.54) is 0 Å². The number of nitrogens with one attached hydrogen (secondary N) is 9. The van der Waals surface area contributed by atoms with Crippen molar-refractivity contribution in [2.24, 2.45) is 0 Å². The van der Waals surface area contributed by atoms with Gasteiger partial charge in [-0.25, -0.2) is 4.79 Å². The van der Waals surface area contributed by atoms with Crippen molar-refractivity contribution in [1.82, 2.24) is 47.9 Å². The molecule has 0 aromatic heterocycles. The van der Waals surface area contributed by atoms with Crippen LogP contribution in [0.3, 0.4) is 0 Å². The number of rotatable bonds is 80. The van der Waals surface area contributed by atoms with Gasteiger partial charge in [-0.1, -0.05) is 86.8 Å². The first-order valence-electron chi connectivity index (χ1n) is 38.4. The third kappa shape index (κ3) is 75.4. The Hall–Kier alpha value is -5.16. The zero-order valence-electron chi connectivity index (χ0n) is 63.1. The normalized spacial score (nSPS) is 11.9. The number of carboxylic acids is 1. The molecule has 0 bridgehead atoms. The maximum absolute atomic E-state index is 12.4. The fourth-order valence-corrected chi connectivity index (χ4v) is 10.8. The second-order valence-corrected chi connectivity index (χ2v) is 27.4. The van der Waals surface area contributed by atoms with Crippen LogP contribution in [0.4, 0.5) is 0 Å². The molecular formula is C71H134N9O23PS. The molecule has 0 spiro atoms. The van der Waals surface area contributed by atoms with E-state index < -0.39 is 22.1 Å². The van der Waals surface area contributed by atoms with Crippen molar-refractivity contribution in [3.05, 3.63) is 0 Å². The maximum Gasteiger partial charge on any atom is 0.326 e. The van der Waals surface area contributed by atoms with Gasteiger partial charge in [0, 0.05) is 137 Å². The van der Waals surface area contributed by atoms with Crippen LogP contribution in [0.15, 0.2) is 0 Å². The van der Waals surface area contributed by atoms with Crippen LogP contribution < -0.4 is 47.9 Å². The lowest BCUT2D eigenvalue weighted by Crippen LogP contribution is -2.41. The molecule has 32 nitrogen and oxygen atoms in total. The van der Waals surface area contributed by atoms with Crippen molar-refractivity contribution in [3.63, 3.8) is 0 Å². The highest BCUT2D eigenvalue weighted by atomic mass is 32.2. The van der Waals surface area contributed by atoms with E-state index in [0.717, 1.165) is 90.0 Å². The van der Waals surface area contributed by atoms with Gasteiger partial charge < -0.3 is 95.6 Å². The molecular weight excluding hydrogens is 1410 g/mol. The van der Waals surface area contributed by atoms with Crippen molar-refractivity contribution >= 4 is 78.1 Å². The Balaban J connectivity index is 3.51. The quantitative estimate of drug-likeness (QED) is 0.0234. The third-order valence-corrected chi connectivity index (χ3v) is 17.0. The first kappa shape index (κ1) is 99.8. The lowest BCUT2D eigenvalue weighted by atomic mass is 10.0. The summed E-state index contributed by atoms with van der Waals surface area (Å²) < 4.78 is 80.0. The van der Waals surface area contributed by atoms with Crippen molar-refractivity contribution in [2.45, 2.75) is 218 Å². The molecule has 0 aliphatic rings. The van der Waals surface area contributed by atoms with E-state index in [1.807, 2.05) is 6.92 Å². The topological polar surface area (TPSA) is 437 Å². The van der Waals surface area contributed by atoms with E-state index in [9.17, 15) is 61.5 Å². The van der Waals surface area contributed by atoms with Crippen molar-refractivity contribution < 1.29 is 109 Å². The second kappa shape index (κ2) is 74.3. The molecule has 612 valence electrons. The SMILES string of the molecule is CCN[C@@H](CCCCNC(=O)CCC(=O)NCCCOCCOCCOCCCNC(=O)CCC(=O)NCCCOCCOCCOCCCNC(=O)CCC(=O)NCCCOCCOCCOCCCNC(=O)CC[C@H](NC(=O)CCCCCCCCCCCCCCCS(=O)(=O)O)C(=O)O)C(=O)P. The lowest BCUT2D eigenvalue weighted by Gasteiger charge is -2.14. The minimum absolute atomic E-state index is 0.0128. The van der Waals surface area contributed by atoms with Crippen LogP contribution in [0.5, 0.6) is 0 Å². The van der Waals surface area contributed by atoms with Gasteiger partial charge in [0.1, 0.15) is 6.04 Å². The highest BCUT2D eigenvalue weighted by Gasteiger charge is 2.21. The van der Waals surface area contributed by atoms with E-state index in [2.05, 4.69) is 57.1 Å². The summed E-state index contributed by atoms with van der Waals surface area (Å²) in [6.45, 7) is 12.9. The van der Waals surface area contributed by atoms with Crippen LogP contribution in [-0.4, -0.2) is 266 Å². The molecule has 34 heteroatoms. The molecule has 105 heavy (non-hydrogen) atoms. The molecule has 0 fully saturated rings. The number of carbonyl (C=O) groups is 10. The van der Waals surface area contributed by atoms with Gasteiger partial charge >= 0.3 is 5.97 Å². The Morgan fingerprint density at radius 1 is 0.305 bits per heavy atom. The zero-order chi connectivity index (χ0) is 77.2. The van der Waals surface area contributed by atoms with Gasteiger partial charge in [-0.05, 0) is 83.6 Å². The molecule has 0 saturated heterocycles. The third-order valence-electron chi connectivity index (χ3n) is 15.8. The molecule has 3 atom stereocenters. The summed E-state index contributed by atoms with van der Waals surface area (Å²) in [5.74, 6) is -3.21. The smallest absolute Gasteiger partial charge is 0.326 e. The van der Waals surface area contributed by atoms with Gasteiger partial charge in [0.25, 0.3) is 10.1 Å². The standard InChI is InChI=1S/C71H134N9O23PS/c1-2-72-61(71(91)104)24-15-16-34-73-63(82)28-29-64(83)75-36-19-42-96-49-55-102-56-50-98-44-21-38-77-67(86)32-33-68(87)79-40-23-46-100-52-58-103-57-51-99-45-22-39-78-66(85)31-30-65(84)76-37-20-43-97-48-54-101-53-47-95-41-18-35-74-62(81)27-26-60(70(89)90)80-69(88)25-14-12-10-8-6-4-3-5-7-9-11-13-17-59-105(92,93)94/h60-61,72H,2-59,104H2,1H3,(H,73,82)(H,74,81)(H,75,83)(H,76,84)(H,77,86)(H,78,85)(H,79,87)(H,80,88)(H,89,90)(H,92,93,94)/t60-,61-/m0/s1. The number of hydrogen-bond donors (Lipinski definition) is 11. The average Bonchev–Trinajstić information content (AvgIpc) is 0.979. The van der Waals surface area contributed by atoms with E-state index in [1.54, 1.807) is 0 Å². The Kier molecular flexibility index (Phi) is 70.7. The number of aliphatic carboxylic acids is 1. The highest BCUT2D eigenvalue weighted by Crippen LogP contribution is 2.14. The predicted octanol–water partition coefficient (Wildman–Crippen LogP) is 3.88. The van der Waals surface area contributed by atoms with E-state index in [-0.39, 0.29) is 122 Å². The van der Waals surface area contributed by atoms with E-state index in [0.29, 0.717) is 223 Å². The number of hydrogen-bond acceptors (Lipinski definition) is 22. The lowest BCUT2D eigenvalue weighted by molar-refractivity contribution is -0.142. The van der Waals surface area contributed by atoms with Crippen LogP contribution in [0.2, 0.25) is 0 Å². The monoisotopic (exact) mass is 1540 g/mol. The number of likely N-dealkylation sites (N-methyl/N-ethyl adjacent to an activating group) is 1. The summed E-state index contributed by atoms with van der Waals surface area (Å²) in [4.78, 5) is 121. The van der Waals surface area contributed by atoms with Gasteiger partial charge in [-0.2, -0.15) is 8.42 Å². The number of carbonyl (C=O) groups excluding carboxylic acids is 9. The fraction of sp³-hybridized carbons (Fsp3) is 0.859. The van der Waals surface area contributed by atoms with Gasteiger partial charge in [-0.3, -0.25) is 47.7 Å². The molecule has 0 aliphatic carbocycles. The number of ether oxygens (including phenoxy) is 9. The molecule has 0 heterocycles. The largest absolute Gasteiger partial charge is 0.480 e. The predicted molar refractivity (Wildman–Crippen MR) is 400 cm³/mol. The minimum Gasteiger partial charge on any atom is -0.480 e.